The Kier molecular flexibility index (Phi) is 4.73. The topological polar surface area (TPSA) is 26.3 Å². The van der Waals surface area contributed by atoms with Gasteiger partial charge in [0, 0.05) is 5.92 Å². The van der Waals surface area contributed by atoms with Gasteiger partial charge in [-0.2, -0.15) is 0 Å². The highest BCUT2D eigenvalue weighted by molar-refractivity contribution is 5.53. The number of carbonyl (C=O) groups excluding carboxylic acids is 1. The van der Waals surface area contributed by atoms with Crippen LogP contribution in [0.15, 0.2) is 54.6 Å². The van der Waals surface area contributed by atoms with Crippen molar-refractivity contribution in [1.29, 1.82) is 0 Å². The predicted molar refractivity (Wildman–Crippen MR) is 76.1 cm³/mol. The quantitative estimate of drug-likeness (QED) is 0.736. The first-order valence-corrected chi connectivity index (χ1v) is 6.49. The van der Waals surface area contributed by atoms with Crippen molar-refractivity contribution < 1.29 is 9.53 Å². The molecule has 0 spiro atoms. The zero-order valence-corrected chi connectivity index (χ0v) is 11.1. The molecule has 0 N–H and O–H groups in total. The van der Waals surface area contributed by atoms with Crippen LogP contribution < -0.4 is 4.74 Å². The summed E-state index contributed by atoms with van der Waals surface area (Å²) in [6, 6.07) is 18.0. The fourth-order valence-corrected chi connectivity index (χ4v) is 1.92. The van der Waals surface area contributed by atoms with Gasteiger partial charge in [0.2, 0.25) is 0 Å². The Bertz CT molecular complexity index is 520. The fraction of sp³-hybridized carbons (Fsp3) is 0.235. The highest BCUT2D eigenvalue weighted by Gasteiger charge is 2.03. The molecule has 0 amide bonds. The molecule has 0 aliphatic heterocycles. The van der Waals surface area contributed by atoms with Gasteiger partial charge in [0.25, 0.3) is 0 Å². The van der Waals surface area contributed by atoms with Crippen molar-refractivity contribution in [2.45, 2.75) is 20.0 Å². The van der Waals surface area contributed by atoms with Crippen molar-refractivity contribution in [1.82, 2.24) is 0 Å². The Balaban J connectivity index is 1.97. The number of hydrogen-bond acceptors (Lipinski definition) is 2. The molecule has 0 aliphatic carbocycles. The summed E-state index contributed by atoms with van der Waals surface area (Å²) < 4.78 is 5.76. The molecule has 0 saturated carbocycles. The van der Waals surface area contributed by atoms with Gasteiger partial charge in [0.1, 0.15) is 18.6 Å². The molecule has 1 atom stereocenters. The lowest BCUT2D eigenvalue weighted by Crippen LogP contribution is -2.01. The monoisotopic (exact) mass is 254 g/mol. The van der Waals surface area contributed by atoms with Gasteiger partial charge < -0.3 is 9.53 Å². The molecule has 0 bridgehead atoms. The summed E-state index contributed by atoms with van der Waals surface area (Å²) >= 11 is 0. The van der Waals surface area contributed by atoms with Gasteiger partial charge in [-0.05, 0) is 29.7 Å². The van der Waals surface area contributed by atoms with Gasteiger partial charge in [-0.15, -0.1) is 0 Å². The zero-order chi connectivity index (χ0) is 13.5. The molecule has 0 aromatic heterocycles. The van der Waals surface area contributed by atoms with E-state index in [4.69, 9.17) is 4.74 Å². The van der Waals surface area contributed by atoms with Crippen molar-refractivity contribution >= 4 is 6.29 Å². The van der Waals surface area contributed by atoms with Crippen molar-refractivity contribution in [2.24, 2.45) is 5.92 Å². The Morgan fingerprint density at radius 2 is 1.79 bits per heavy atom. The molecule has 0 radical (unpaired) electrons. The predicted octanol–water partition coefficient (Wildman–Crippen LogP) is 3.64. The molecular weight excluding hydrogens is 236 g/mol. The highest BCUT2D eigenvalue weighted by atomic mass is 16.5. The minimum absolute atomic E-state index is 0.0457. The maximum atomic E-state index is 10.7. The van der Waals surface area contributed by atoms with Crippen molar-refractivity contribution in [3.05, 3.63) is 65.7 Å². The molecule has 2 aromatic carbocycles. The number of hydrogen-bond donors (Lipinski definition) is 0. The van der Waals surface area contributed by atoms with Gasteiger partial charge in [0.15, 0.2) is 0 Å². The van der Waals surface area contributed by atoms with E-state index < -0.39 is 0 Å². The molecule has 19 heavy (non-hydrogen) atoms. The van der Waals surface area contributed by atoms with E-state index in [0.717, 1.165) is 29.6 Å². The molecule has 0 unspecified atom stereocenters. The molecular formula is C17H18O2. The molecule has 2 nitrogen and oxygen atoms in total. The third-order valence-electron chi connectivity index (χ3n) is 2.94. The maximum absolute atomic E-state index is 10.7. The van der Waals surface area contributed by atoms with Crippen LogP contribution in [0.3, 0.4) is 0 Å². The van der Waals surface area contributed by atoms with Crippen LogP contribution in [0.2, 0.25) is 0 Å². The van der Waals surface area contributed by atoms with E-state index in [0.29, 0.717) is 6.61 Å². The largest absolute Gasteiger partial charge is 0.489 e. The van der Waals surface area contributed by atoms with Crippen molar-refractivity contribution in [3.63, 3.8) is 0 Å². The second kappa shape index (κ2) is 6.74. The second-order valence-corrected chi connectivity index (χ2v) is 4.74. The van der Waals surface area contributed by atoms with E-state index in [1.807, 2.05) is 61.5 Å². The molecule has 2 aromatic rings. The van der Waals surface area contributed by atoms with Gasteiger partial charge in [-0.25, -0.2) is 0 Å². The summed E-state index contributed by atoms with van der Waals surface area (Å²) in [5.41, 5.74) is 2.28. The molecule has 0 fully saturated rings. The maximum Gasteiger partial charge on any atom is 0.123 e. The SMILES string of the molecule is C[C@H](C=O)Cc1cccc(OCc2ccccc2)c1. The normalized spacial score (nSPS) is 11.8. The van der Waals surface area contributed by atoms with Crippen LogP contribution in [-0.2, 0) is 17.8 Å². The number of carbonyl (C=O) groups is 1. The molecule has 0 heterocycles. The second-order valence-electron chi connectivity index (χ2n) is 4.74. The lowest BCUT2D eigenvalue weighted by molar-refractivity contribution is -0.110. The summed E-state index contributed by atoms with van der Waals surface area (Å²) in [6.45, 7) is 2.48. The minimum Gasteiger partial charge on any atom is -0.489 e. The summed E-state index contributed by atoms with van der Waals surface area (Å²) in [5.74, 6) is 0.892. The summed E-state index contributed by atoms with van der Waals surface area (Å²) in [7, 11) is 0. The van der Waals surface area contributed by atoms with E-state index >= 15 is 0 Å². The summed E-state index contributed by atoms with van der Waals surface area (Å²) in [4.78, 5) is 10.7. The molecule has 2 heteroatoms. The van der Waals surface area contributed by atoms with E-state index in [2.05, 4.69) is 0 Å². The first kappa shape index (κ1) is 13.3. The third-order valence-corrected chi connectivity index (χ3v) is 2.94. The molecule has 2 rings (SSSR count). The molecule has 0 saturated heterocycles. The minimum atomic E-state index is 0.0457. The van der Waals surface area contributed by atoms with E-state index in [1.165, 1.54) is 0 Å². The summed E-state index contributed by atoms with van der Waals surface area (Å²) in [6.07, 6.45) is 1.74. The van der Waals surface area contributed by atoms with E-state index in [1.54, 1.807) is 0 Å². The smallest absolute Gasteiger partial charge is 0.123 e. The zero-order valence-electron chi connectivity index (χ0n) is 11.1. The number of benzene rings is 2. The van der Waals surface area contributed by atoms with E-state index in [-0.39, 0.29) is 5.92 Å². The lowest BCUT2D eigenvalue weighted by atomic mass is 10.0. The van der Waals surface area contributed by atoms with Gasteiger partial charge in [-0.3, -0.25) is 0 Å². The summed E-state index contributed by atoms with van der Waals surface area (Å²) in [5, 5.41) is 0. The number of ether oxygens (including phenoxy) is 1. The van der Waals surface area contributed by atoms with Crippen molar-refractivity contribution in [2.75, 3.05) is 0 Å². The van der Waals surface area contributed by atoms with Crippen LogP contribution in [0.4, 0.5) is 0 Å². The standard InChI is InChI=1S/C17H18O2/c1-14(12-18)10-16-8-5-9-17(11-16)19-13-15-6-3-2-4-7-15/h2-9,11-12,14H,10,13H2,1H3/t14-/m0/s1. The Hall–Kier alpha value is -2.09. The number of rotatable bonds is 6. The average Bonchev–Trinajstić information content (AvgIpc) is 2.46. The highest BCUT2D eigenvalue weighted by Crippen LogP contribution is 2.17. The van der Waals surface area contributed by atoms with Gasteiger partial charge in [0.05, 0.1) is 0 Å². The molecule has 98 valence electrons. The first-order chi connectivity index (χ1) is 9.28. The Labute approximate surface area is 114 Å². The van der Waals surface area contributed by atoms with Gasteiger partial charge >= 0.3 is 0 Å². The van der Waals surface area contributed by atoms with Crippen LogP contribution in [0, 0.1) is 5.92 Å². The van der Waals surface area contributed by atoms with Crippen LogP contribution in [-0.4, -0.2) is 6.29 Å². The van der Waals surface area contributed by atoms with Gasteiger partial charge in [-0.1, -0.05) is 49.4 Å². The van der Waals surface area contributed by atoms with Crippen LogP contribution in [0.1, 0.15) is 18.1 Å². The van der Waals surface area contributed by atoms with E-state index in [9.17, 15) is 4.79 Å². The average molecular weight is 254 g/mol. The molecule has 0 aliphatic rings. The number of aldehydes is 1. The van der Waals surface area contributed by atoms with Crippen LogP contribution >= 0.6 is 0 Å². The van der Waals surface area contributed by atoms with Crippen LogP contribution in [0.25, 0.3) is 0 Å². The fourth-order valence-electron chi connectivity index (χ4n) is 1.92. The Morgan fingerprint density at radius 3 is 2.53 bits per heavy atom. The van der Waals surface area contributed by atoms with Crippen LogP contribution in [0.5, 0.6) is 5.75 Å². The first-order valence-electron chi connectivity index (χ1n) is 6.49. The van der Waals surface area contributed by atoms with Crippen molar-refractivity contribution in [3.8, 4) is 5.75 Å². The Morgan fingerprint density at radius 1 is 1.05 bits per heavy atom. The third kappa shape index (κ3) is 4.25. The lowest BCUT2D eigenvalue weighted by Gasteiger charge is -2.09.